The summed E-state index contributed by atoms with van der Waals surface area (Å²) in [6, 6.07) is 2.01. The van der Waals surface area contributed by atoms with Crippen LogP contribution in [0, 0.1) is 27.2 Å². The Morgan fingerprint density at radius 1 is 1.20 bits per heavy atom. The highest BCUT2D eigenvalue weighted by Gasteiger charge is 2.32. The van der Waals surface area contributed by atoms with Crippen LogP contribution in [0.1, 0.15) is 5.76 Å². The first-order chi connectivity index (χ1) is 9.36. The Kier molecular flexibility index (Phi) is 3.10. The Balaban J connectivity index is 3.10. The maximum atomic E-state index is 11.8. The number of nitrogens with zero attached hydrogens (tertiary/aromatic N) is 2. The largest absolute Gasteiger partial charge is 0.485 e. The Morgan fingerprint density at radius 3 is 2.35 bits per heavy atom. The van der Waals surface area contributed by atoms with Crippen LogP contribution < -0.4 is 10.2 Å². The second-order valence-corrected chi connectivity index (χ2v) is 3.89. The fourth-order valence-electron chi connectivity index (χ4n) is 1.86. The summed E-state index contributed by atoms with van der Waals surface area (Å²) >= 11 is 0. The fourth-order valence-corrected chi connectivity index (χ4v) is 1.86. The smallest absolute Gasteiger partial charge is 0.361 e. The zero-order valence-electron chi connectivity index (χ0n) is 10.4. The molecule has 0 unspecified atom stereocenters. The van der Waals surface area contributed by atoms with Gasteiger partial charge in [0, 0.05) is 12.1 Å². The number of rotatable bonds is 3. The third-order valence-electron chi connectivity index (χ3n) is 2.63. The summed E-state index contributed by atoms with van der Waals surface area (Å²) < 4.78 is 9.91. The summed E-state index contributed by atoms with van der Waals surface area (Å²) in [5.41, 5.74) is -2.35. The molecule has 0 bridgehead atoms. The van der Waals surface area contributed by atoms with Crippen molar-refractivity contribution in [2.75, 3.05) is 7.11 Å². The molecule has 20 heavy (non-hydrogen) atoms. The van der Waals surface area contributed by atoms with Crippen LogP contribution in [0.15, 0.2) is 21.3 Å². The minimum absolute atomic E-state index is 0.154. The van der Waals surface area contributed by atoms with Gasteiger partial charge in [-0.3, -0.25) is 25.0 Å². The van der Waals surface area contributed by atoms with Gasteiger partial charge in [0.05, 0.1) is 22.3 Å². The van der Waals surface area contributed by atoms with Crippen LogP contribution in [0.4, 0.5) is 11.4 Å². The number of ether oxygens (including phenoxy) is 1. The van der Waals surface area contributed by atoms with Gasteiger partial charge in [0.1, 0.15) is 5.76 Å². The van der Waals surface area contributed by atoms with Crippen molar-refractivity contribution >= 4 is 22.3 Å². The summed E-state index contributed by atoms with van der Waals surface area (Å²) in [7, 11) is 1.06. The first-order valence-corrected chi connectivity index (χ1v) is 5.31. The molecule has 104 valence electrons. The monoisotopic (exact) mass is 280 g/mol. The van der Waals surface area contributed by atoms with E-state index in [-0.39, 0.29) is 16.7 Å². The minimum atomic E-state index is -0.878. The molecule has 0 N–H and O–H groups in total. The van der Waals surface area contributed by atoms with Crippen LogP contribution in [-0.4, -0.2) is 17.0 Å². The van der Waals surface area contributed by atoms with E-state index < -0.39 is 32.4 Å². The number of nitro groups is 2. The maximum absolute atomic E-state index is 11.8. The molecule has 0 aliphatic rings. The van der Waals surface area contributed by atoms with Gasteiger partial charge in [0.15, 0.2) is 5.43 Å². The summed E-state index contributed by atoms with van der Waals surface area (Å²) in [6.45, 7) is 1.44. The van der Waals surface area contributed by atoms with Crippen LogP contribution in [0.3, 0.4) is 0 Å². The van der Waals surface area contributed by atoms with Gasteiger partial charge in [0.25, 0.3) is 5.75 Å². The zero-order valence-corrected chi connectivity index (χ0v) is 10.4. The molecule has 2 rings (SSSR count). The van der Waals surface area contributed by atoms with Gasteiger partial charge >= 0.3 is 11.4 Å². The molecular formula is C11H8N2O7. The van der Waals surface area contributed by atoms with Gasteiger partial charge in [-0.05, 0) is 6.92 Å². The van der Waals surface area contributed by atoms with E-state index in [0.29, 0.717) is 0 Å². The molecule has 1 aromatic carbocycles. The SMILES string of the molecule is COc1c([N+](=O)[O-])cc2c(=O)cc(C)oc2c1[N+](=O)[O-]. The normalized spacial score (nSPS) is 10.5. The van der Waals surface area contributed by atoms with Crippen molar-refractivity contribution in [3.63, 3.8) is 0 Å². The zero-order chi connectivity index (χ0) is 15.0. The number of nitro benzene ring substituents is 2. The molecule has 0 saturated heterocycles. The summed E-state index contributed by atoms with van der Waals surface area (Å²) in [6.07, 6.45) is 0. The number of hydrogen-bond donors (Lipinski definition) is 0. The van der Waals surface area contributed by atoms with Crippen molar-refractivity contribution in [3.8, 4) is 5.75 Å². The molecule has 0 aliphatic heterocycles. The highest BCUT2D eigenvalue weighted by molar-refractivity contribution is 5.92. The first kappa shape index (κ1) is 13.5. The Hall–Kier alpha value is -2.97. The Bertz CT molecular complexity index is 793. The van der Waals surface area contributed by atoms with E-state index in [0.717, 1.165) is 19.2 Å². The van der Waals surface area contributed by atoms with E-state index in [1.807, 2.05) is 0 Å². The van der Waals surface area contributed by atoms with Crippen molar-refractivity contribution in [1.82, 2.24) is 0 Å². The first-order valence-electron chi connectivity index (χ1n) is 5.31. The molecule has 0 amide bonds. The molecule has 0 radical (unpaired) electrons. The van der Waals surface area contributed by atoms with Gasteiger partial charge in [-0.2, -0.15) is 0 Å². The minimum Gasteiger partial charge on any atom is -0.485 e. The number of methoxy groups -OCH3 is 1. The van der Waals surface area contributed by atoms with Crippen molar-refractivity contribution < 1.29 is 19.0 Å². The molecule has 9 nitrogen and oxygen atoms in total. The number of fused-ring (bicyclic) bond motifs is 1. The lowest BCUT2D eigenvalue weighted by molar-refractivity contribution is -0.395. The third-order valence-corrected chi connectivity index (χ3v) is 2.63. The van der Waals surface area contributed by atoms with E-state index in [9.17, 15) is 25.0 Å². The summed E-state index contributed by atoms with van der Waals surface area (Å²) in [5.74, 6) is -0.400. The molecule has 1 aromatic heterocycles. The van der Waals surface area contributed by atoms with Crippen LogP contribution >= 0.6 is 0 Å². The maximum Gasteiger partial charge on any atom is 0.361 e. The lowest BCUT2D eigenvalue weighted by Crippen LogP contribution is -2.06. The Labute approximate surface area is 110 Å². The predicted octanol–water partition coefficient (Wildman–Crippen LogP) is 1.93. The lowest BCUT2D eigenvalue weighted by Gasteiger charge is -2.05. The fraction of sp³-hybridized carbons (Fsp3) is 0.182. The third kappa shape index (κ3) is 1.94. The van der Waals surface area contributed by atoms with Gasteiger partial charge in [-0.25, -0.2) is 0 Å². The second kappa shape index (κ2) is 4.61. The molecule has 0 atom stereocenters. The van der Waals surface area contributed by atoms with E-state index in [1.54, 1.807) is 0 Å². The molecule has 2 aromatic rings. The van der Waals surface area contributed by atoms with E-state index >= 15 is 0 Å². The Morgan fingerprint density at radius 2 is 1.85 bits per heavy atom. The predicted molar refractivity (Wildman–Crippen MR) is 67.1 cm³/mol. The van der Waals surface area contributed by atoms with E-state index in [4.69, 9.17) is 9.15 Å². The molecule has 0 saturated carbocycles. The van der Waals surface area contributed by atoms with Gasteiger partial charge < -0.3 is 9.15 Å². The quantitative estimate of drug-likeness (QED) is 0.620. The number of hydrogen-bond acceptors (Lipinski definition) is 7. The average molecular weight is 280 g/mol. The second-order valence-electron chi connectivity index (χ2n) is 3.89. The number of benzene rings is 1. The molecule has 0 aliphatic carbocycles. The lowest BCUT2D eigenvalue weighted by atomic mass is 10.1. The molecule has 9 heteroatoms. The summed E-state index contributed by atoms with van der Waals surface area (Å²) in [4.78, 5) is 32.1. The number of aryl methyl sites for hydroxylation is 1. The highest BCUT2D eigenvalue weighted by Crippen LogP contribution is 2.41. The van der Waals surface area contributed by atoms with Crippen molar-refractivity contribution in [2.24, 2.45) is 0 Å². The van der Waals surface area contributed by atoms with Gasteiger partial charge in [-0.1, -0.05) is 0 Å². The van der Waals surface area contributed by atoms with E-state index in [1.165, 1.54) is 6.92 Å². The van der Waals surface area contributed by atoms with Crippen molar-refractivity contribution in [3.05, 3.63) is 48.3 Å². The topological polar surface area (TPSA) is 126 Å². The van der Waals surface area contributed by atoms with Gasteiger partial charge in [-0.15, -0.1) is 0 Å². The van der Waals surface area contributed by atoms with E-state index in [2.05, 4.69) is 0 Å². The average Bonchev–Trinajstić information content (AvgIpc) is 2.35. The molecule has 0 spiro atoms. The van der Waals surface area contributed by atoms with Crippen molar-refractivity contribution in [2.45, 2.75) is 6.92 Å². The molecule has 0 fully saturated rings. The van der Waals surface area contributed by atoms with Crippen LogP contribution in [0.2, 0.25) is 0 Å². The molecule has 1 heterocycles. The van der Waals surface area contributed by atoms with Crippen LogP contribution in [-0.2, 0) is 0 Å². The molecular weight excluding hydrogens is 272 g/mol. The van der Waals surface area contributed by atoms with Gasteiger partial charge in [0.2, 0.25) is 5.58 Å². The van der Waals surface area contributed by atoms with Crippen LogP contribution in [0.25, 0.3) is 11.0 Å². The van der Waals surface area contributed by atoms with Crippen LogP contribution in [0.5, 0.6) is 5.75 Å². The summed E-state index contributed by atoms with van der Waals surface area (Å²) in [5, 5.41) is 21.8. The standard InChI is InChI=1S/C11H8N2O7/c1-5-3-8(14)6-4-7(12(15)16)11(19-2)9(13(17)18)10(6)20-5/h3-4H,1-2H3. The highest BCUT2D eigenvalue weighted by atomic mass is 16.6. The van der Waals surface area contributed by atoms with Crippen molar-refractivity contribution in [1.29, 1.82) is 0 Å².